The van der Waals surface area contributed by atoms with E-state index in [4.69, 9.17) is 10.8 Å². The summed E-state index contributed by atoms with van der Waals surface area (Å²) < 4.78 is 26.8. The molecule has 1 atom stereocenters. The van der Waals surface area contributed by atoms with Crippen molar-refractivity contribution in [3.8, 4) is 0 Å². The van der Waals surface area contributed by atoms with Gasteiger partial charge in [-0.05, 0) is 24.1 Å². The lowest BCUT2D eigenvalue weighted by Gasteiger charge is -2.18. The van der Waals surface area contributed by atoms with E-state index in [1.165, 1.54) is 11.0 Å². The average Bonchev–Trinajstić information content (AvgIpc) is 2.28. The second-order valence-electron chi connectivity index (χ2n) is 4.27. The molecular formula is C12H16F2N2O2. The number of carboxylic acid groups (broad SMARTS) is 1. The Bertz CT molecular complexity index is 450. The van der Waals surface area contributed by atoms with E-state index >= 15 is 0 Å². The predicted molar refractivity (Wildman–Crippen MR) is 64.5 cm³/mol. The molecule has 0 aromatic heterocycles. The Morgan fingerprint density at radius 3 is 2.56 bits per heavy atom. The number of hydrogen-bond acceptors (Lipinski definition) is 3. The van der Waals surface area contributed by atoms with Gasteiger partial charge >= 0.3 is 5.97 Å². The van der Waals surface area contributed by atoms with Crippen LogP contribution >= 0.6 is 0 Å². The normalized spacial score (nSPS) is 12.3. The van der Waals surface area contributed by atoms with Crippen LogP contribution in [0, 0.1) is 11.6 Å². The number of carbonyl (C=O) groups is 1. The first-order chi connectivity index (χ1) is 8.32. The van der Waals surface area contributed by atoms with Crippen molar-refractivity contribution in [3.63, 3.8) is 0 Å². The predicted octanol–water partition coefficient (Wildman–Crippen LogP) is 1.90. The molecule has 18 heavy (non-hydrogen) atoms. The first-order valence-electron chi connectivity index (χ1n) is 5.46. The molecule has 1 unspecified atom stereocenters. The minimum Gasteiger partial charge on any atom is -0.481 e. The number of nitrogens with two attached hydrogens (primary N) is 1. The molecule has 0 bridgehead atoms. The quantitative estimate of drug-likeness (QED) is 0.846. The second-order valence-corrected chi connectivity index (χ2v) is 4.27. The lowest BCUT2D eigenvalue weighted by atomic mass is 10.0. The molecule has 100 valence electrons. The summed E-state index contributed by atoms with van der Waals surface area (Å²) in [5, 5.41) is 8.55. The maximum Gasteiger partial charge on any atom is 0.303 e. The average molecular weight is 258 g/mol. The zero-order chi connectivity index (χ0) is 13.9. The monoisotopic (exact) mass is 258 g/mol. The van der Waals surface area contributed by atoms with Crippen molar-refractivity contribution >= 4 is 11.7 Å². The molecule has 0 heterocycles. The molecule has 0 aliphatic carbocycles. The van der Waals surface area contributed by atoms with Crippen LogP contribution in [0.25, 0.3) is 0 Å². The molecule has 0 radical (unpaired) electrons. The van der Waals surface area contributed by atoms with Crippen molar-refractivity contribution in [2.45, 2.75) is 18.9 Å². The third-order valence-electron chi connectivity index (χ3n) is 2.61. The van der Waals surface area contributed by atoms with Gasteiger partial charge in [0, 0.05) is 26.6 Å². The van der Waals surface area contributed by atoms with Crippen LogP contribution in [0.3, 0.4) is 0 Å². The summed E-state index contributed by atoms with van der Waals surface area (Å²) in [6, 6.07) is 1.81. The van der Waals surface area contributed by atoms with Crippen LogP contribution in [0.1, 0.15) is 24.4 Å². The van der Waals surface area contributed by atoms with Crippen LogP contribution in [0.2, 0.25) is 0 Å². The van der Waals surface area contributed by atoms with Gasteiger partial charge in [0.25, 0.3) is 0 Å². The molecule has 0 fully saturated rings. The van der Waals surface area contributed by atoms with Crippen molar-refractivity contribution in [2.75, 3.05) is 19.0 Å². The lowest BCUT2D eigenvalue weighted by molar-refractivity contribution is -0.137. The van der Waals surface area contributed by atoms with Gasteiger partial charge in [0.15, 0.2) is 11.6 Å². The number of hydrogen-bond donors (Lipinski definition) is 2. The van der Waals surface area contributed by atoms with E-state index in [9.17, 15) is 13.6 Å². The fraction of sp³-hybridized carbons (Fsp3) is 0.417. The number of aliphatic carboxylic acids is 1. The molecule has 0 amide bonds. The van der Waals surface area contributed by atoms with Crippen LogP contribution < -0.4 is 10.6 Å². The Hall–Kier alpha value is -1.69. The van der Waals surface area contributed by atoms with E-state index < -0.39 is 23.6 Å². The minimum atomic E-state index is -0.984. The van der Waals surface area contributed by atoms with Crippen LogP contribution in [-0.4, -0.2) is 25.2 Å². The fourth-order valence-electron chi connectivity index (χ4n) is 1.58. The number of anilines is 1. The Labute approximate surface area is 104 Å². The second kappa shape index (κ2) is 5.77. The fourth-order valence-corrected chi connectivity index (χ4v) is 1.58. The van der Waals surface area contributed by atoms with Crippen molar-refractivity contribution in [1.82, 2.24) is 0 Å². The molecule has 6 heteroatoms. The maximum atomic E-state index is 13.5. The summed E-state index contributed by atoms with van der Waals surface area (Å²) in [5.74, 6) is -2.89. The van der Waals surface area contributed by atoms with Gasteiger partial charge < -0.3 is 15.7 Å². The molecule has 0 saturated carbocycles. The van der Waals surface area contributed by atoms with Crippen LogP contribution in [-0.2, 0) is 4.79 Å². The highest BCUT2D eigenvalue weighted by Crippen LogP contribution is 2.26. The number of halogens is 2. The molecule has 0 aliphatic rings. The van der Waals surface area contributed by atoms with Gasteiger partial charge in [0.2, 0.25) is 0 Å². The zero-order valence-electron chi connectivity index (χ0n) is 10.3. The van der Waals surface area contributed by atoms with Crippen molar-refractivity contribution in [2.24, 2.45) is 5.73 Å². The topological polar surface area (TPSA) is 66.6 Å². The summed E-state index contributed by atoms with van der Waals surface area (Å²) in [7, 11) is 3.18. The Morgan fingerprint density at radius 1 is 1.44 bits per heavy atom. The van der Waals surface area contributed by atoms with Gasteiger partial charge in [0.05, 0.1) is 5.69 Å². The van der Waals surface area contributed by atoms with E-state index in [0.29, 0.717) is 5.56 Å². The minimum absolute atomic E-state index is 0.0933. The third-order valence-corrected chi connectivity index (χ3v) is 2.61. The van der Waals surface area contributed by atoms with E-state index in [1.807, 2.05) is 0 Å². The highest BCUT2D eigenvalue weighted by atomic mass is 19.2. The van der Waals surface area contributed by atoms with E-state index in [1.54, 1.807) is 14.1 Å². The van der Waals surface area contributed by atoms with E-state index in [2.05, 4.69) is 0 Å². The van der Waals surface area contributed by atoms with Gasteiger partial charge in [0.1, 0.15) is 0 Å². The van der Waals surface area contributed by atoms with Gasteiger partial charge in [-0.1, -0.05) is 0 Å². The molecule has 0 saturated heterocycles. The van der Waals surface area contributed by atoms with Crippen LogP contribution in [0.4, 0.5) is 14.5 Å². The third kappa shape index (κ3) is 3.40. The molecule has 1 rings (SSSR count). The Kier molecular flexibility index (Phi) is 4.61. The van der Waals surface area contributed by atoms with E-state index in [0.717, 1.165) is 6.07 Å². The molecule has 1 aromatic rings. The molecule has 0 aliphatic heterocycles. The zero-order valence-corrected chi connectivity index (χ0v) is 10.3. The Morgan fingerprint density at radius 2 is 2.06 bits per heavy atom. The number of carboxylic acids is 1. The molecular weight excluding hydrogens is 242 g/mol. The van der Waals surface area contributed by atoms with Gasteiger partial charge in [-0.15, -0.1) is 0 Å². The number of rotatable bonds is 5. The molecule has 1 aromatic carbocycles. The first kappa shape index (κ1) is 14.4. The summed E-state index contributed by atoms with van der Waals surface area (Å²) in [5.41, 5.74) is 6.24. The molecule has 0 spiro atoms. The standard InChI is InChI=1S/C12H16F2N2O2/c1-16(2)10-6-7(5-8(13)12(10)14)9(15)3-4-11(17)18/h5-6,9H,3-4,15H2,1-2H3,(H,17,18). The smallest absolute Gasteiger partial charge is 0.303 e. The van der Waals surface area contributed by atoms with Gasteiger partial charge in [-0.3, -0.25) is 4.79 Å². The number of nitrogens with zero attached hydrogens (tertiary/aromatic N) is 1. The maximum absolute atomic E-state index is 13.5. The largest absolute Gasteiger partial charge is 0.481 e. The summed E-state index contributed by atoms with van der Waals surface area (Å²) >= 11 is 0. The van der Waals surface area contributed by atoms with Gasteiger partial charge in [-0.25, -0.2) is 8.78 Å². The summed E-state index contributed by atoms with van der Waals surface area (Å²) in [6.45, 7) is 0. The van der Waals surface area contributed by atoms with Gasteiger partial charge in [-0.2, -0.15) is 0 Å². The van der Waals surface area contributed by atoms with Crippen molar-refractivity contribution < 1.29 is 18.7 Å². The Balaban J connectivity index is 2.99. The van der Waals surface area contributed by atoms with E-state index in [-0.39, 0.29) is 18.5 Å². The van der Waals surface area contributed by atoms with Crippen molar-refractivity contribution in [1.29, 1.82) is 0 Å². The SMILES string of the molecule is CN(C)c1cc(C(N)CCC(=O)O)cc(F)c1F. The molecule has 4 nitrogen and oxygen atoms in total. The number of benzene rings is 1. The summed E-state index contributed by atoms with van der Waals surface area (Å²) in [6.07, 6.45) is 0.0603. The highest BCUT2D eigenvalue weighted by molar-refractivity contribution is 5.66. The molecule has 3 N–H and O–H groups in total. The lowest BCUT2D eigenvalue weighted by Crippen LogP contribution is -2.16. The first-order valence-corrected chi connectivity index (χ1v) is 5.46. The van der Waals surface area contributed by atoms with Crippen LogP contribution in [0.15, 0.2) is 12.1 Å². The summed E-state index contributed by atoms with van der Waals surface area (Å²) in [4.78, 5) is 11.9. The van der Waals surface area contributed by atoms with Crippen LogP contribution in [0.5, 0.6) is 0 Å². The highest BCUT2D eigenvalue weighted by Gasteiger charge is 2.16. The van der Waals surface area contributed by atoms with Crippen molar-refractivity contribution in [3.05, 3.63) is 29.3 Å².